The summed E-state index contributed by atoms with van der Waals surface area (Å²) in [6.07, 6.45) is 2.51. The van der Waals surface area contributed by atoms with Crippen molar-refractivity contribution in [3.05, 3.63) is 0 Å². The minimum Gasteiger partial charge on any atom is -0.756 e. The molecule has 7 N–H and O–H groups in total. The molecule has 1 unspecified atom stereocenters. The molecule has 0 radical (unpaired) electrons. The minimum atomic E-state index is -4.89. The average Bonchev–Trinajstić information content (AvgIpc) is 2.65. The van der Waals surface area contributed by atoms with E-state index < -0.39 is 19.7 Å². The molecular formula is C16H36N3O8PPt. The number of carbonyl (C=O) groups excluding carboxylic acids is 1. The summed E-state index contributed by atoms with van der Waals surface area (Å²) in [6.45, 7) is 9.29. The van der Waals surface area contributed by atoms with Gasteiger partial charge >= 0.3 is 21.1 Å². The van der Waals surface area contributed by atoms with Gasteiger partial charge < -0.3 is 50.8 Å². The van der Waals surface area contributed by atoms with Crippen molar-refractivity contribution < 1.29 is 60.1 Å². The number of nitrogens with zero attached hydrogens (tertiary/aromatic N) is 1. The van der Waals surface area contributed by atoms with E-state index in [1.54, 1.807) is 0 Å². The fourth-order valence-electron chi connectivity index (χ4n) is 2.46. The number of aliphatic hydroxyl groups is 1. The summed E-state index contributed by atoms with van der Waals surface area (Å²) >= 11 is 0. The number of aliphatic hydroxyl groups excluding tert-OH is 1. The zero-order valence-corrected chi connectivity index (χ0v) is 20.3. The van der Waals surface area contributed by atoms with Gasteiger partial charge in [0.1, 0.15) is 0 Å². The van der Waals surface area contributed by atoms with E-state index in [0.29, 0.717) is 26.1 Å². The van der Waals surface area contributed by atoms with E-state index in [1.165, 1.54) is 0 Å². The van der Waals surface area contributed by atoms with Crippen LogP contribution < -0.4 is 21.5 Å². The molecule has 178 valence electrons. The Kier molecular flexibility index (Phi) is 21.9. The fraction of sp³-hybridized carbons (Fsp3) is 0.938. The maximum atomic E-state index is 10.4. The van der Waals surface area contributed by atoms with Crippen LogP contribution >= 0.6 is 7.82 Å². The third kappa shape index (κ3) is 19.8. The molecule has 0 aliphatic carbocycles. The largest absolute Gasteiger partial charge is 2.00 e. The minimum absolute atomic E-state index is 0. The van der Waals surface area contributed by atoms with Crippen molar-refractivity contribution in [1.82, 2.24) is 4.90 Å². The molecule has 1 atom stereocenters. The van der Waals surface area contributed by atoms with Crippen LogP contribution in [-0.4, -0.2) is 78.3 Å². The first kappa shape index (κ1) is 33.7. The van der Waals surface area contributed by atoms with E-state index in [9.17, 15) is 9.90 Å². The molecular weight excluding hydrogens is 588 g/mol. The van der Waals surface area contributed by atoms with Crippen LogP contribution in [0.5, 0.6) is 0 Å². The Bertz CT molecular complexity index is 432. The van der Waals surface area contributed by atoms with E-state index in [-0.39, 0.29) is 33.1 Å². The first-order valence-electron chi connectivity index (χ1n) is 9.27. The summed E-state index contributed by atoms with van der Waals surface area (Å²) in [5, 5.41) is 19.1. The van der Waals surface area contributed by atoms with Crippen molar-refractivity contribution in [2.24, 2.45) is 22.8 Å². The van der Waals surface area contributed by atoms with Gasteiger partial charge in [0, 0.05) is 25.1 Å². The molecule has 1 saturated heterocycles. The van der Waals surface area contributed by atoms with Crippen LogP contribution in [0.1, 0.15) is 33.1 Å². The smallest absolute Gasteiger partial charge is 0.756 e. The monoisotopic (exact) mass is 624 g/mol. The number of aliphatic carboxylic acids is 1. The molecule has 0 amide bonds. The Balaban J connectivity index is -0.000000375. The number of hydrogen-bond acceptors (Lipinski definition) is 9. The number of carbonyl (C=O) groups is 1. The molecule has 0 spiro atoms. The Morgan fingerprint density at radius 2 is 1.62 bits per heavy atom. The van der Waals surface area contributed by atoms with Crippen LogP contribution in [0.3, 0.4) is 0 Å². The van der Waals surface area contributed by atoms with Crippen LogP contribution in [0.4, 0.5) is 0 Å². The SMILES string of the molecule is CCN(CC)CCC(CO)C(=O)[O-].NCC1(CN)CCOCC1.O=P([O-])(O)O.[Pt+2]. The van der Waals surface area contributed by atoms with E-state index in [1.807, 2.05) is 13.8 Å². The molecule has 1 aliphatic rings. The summed E-state index contributed by atoms with van der Waals surface area (Å²) in [5.41, 5.74) is 11.4. The predicted octanol–water partition coefficient (Wildman–Crippen LogP) is -2.79. The number of hydrogen-bond donors (Lipinski definition) is 5. The fourth-order valence-corrected chi connectivity index (χ4v) is 2.46. The van der Waals surface area contributed by atoms with Gasteiger partial charge in [0.25, 0.3) is 7.82 Å². The standard InChI is InChI=1S/C9H19NO3.C7H16N2O.H3O4P.Pt/c1-3-10(4-2)6-5-8(7-11)9(12)13;8-5-7(6-9)1-3-10-4-2-7;1-5(2,3)4;/h8,11H,3-7H2,1-2H3,(H,12,13);1-6,8-9H2;(H3,1,2,3,4);/q;;;+2/p-2. The Morgan fingerprint density at radius 3 is 1.86 bits per heavy atom. The van der Waals surface area contributed by atoms with Gasteiger partial charge in [-0.2, -0.15) is 0 Å². The molecule has 29 heavy (non-hydrogen) atoms. The van der Waals surface area contributed by atoms with Gasteiger partial charge in [0.05, 0.1) is 6.61 Å². The summed E-state index contributed by atoms with van der Waals surface area (Å²) < 4.78 is 14.0. The van der Waals surface area contributed by atoms with E-state index in [0.717, 1.165) is 39.1 Å². The van der Waals surface area contributed by atoms with Crippen molar-refractivity contribution in [3.8, 4) is 0 Å². The number of nitrogens with two attached hydrogens (primary N) is 2. The van der Waals surface area contributed by atoms with Crippen molar-refractivity contribution >= 4 is 13.8 Å². The third-order valence-electron chi connectivity index (χ3n) is 4.66. The van der Waals surface area contributed by atoms with Gasteiger partial charge in [-0.1, -0.05) is 13.8 Å². The molecule has 1 aliphatic heterocycles. The summed E-state index contributed by atoms with van der Waals surface area (Å²) in [6, 6.07) is 0. The summed E-state index contributed by atoms with van der Waals surface area (Å²) in [4.78, 5) is 35.5. The number of rotatable bonds is 9. The Labute approximate surface area is 187 Å². The number of phosphoric acid groups is 1. The normalized spacial score (nSPS) is 16.4. The second-order valence-electron chi connectivity index (χ2n) is 6.53. The summed E-state index contributed by atoms with van der Waals surface area (Å²) in [5.74, 6) is -1.88. The third-order valence-corrected chi connectivity index (χ3v) is 4.66. The molecule has 13 heteroatoms. The van der Waals surface area contributed by atoms with Gasteiger partial charge in [0.2, 0.25) is 0 Å². The molecule has 0 aromatic rings. The van der Waals surface area contributed by atoms with E-state index in [4.69, 9.17) is 40.6 Å². The summed E-state index contributed by atoms with van der Waals surface area (Å²) in [7, 11) is -4.89. The molecule has 1 rings (SSSR count). The number of carboxylic acids is 1. The molecule has 1 heterocycles. The van der Waals surface area contributed by atoms with Crippen molar-refractivity contribution in [2.45, 2.75) is 33.1 Å². The average molecular weight is 625 g/mol. The van der Waals surface area contributed by atoms with Crippen LogP contribution in [0.15, 0.2) is 0 Å². The van der Waals surface area contributed by atoms with Crippen molar-refractivity contribution in [3.63, 3.8) is 0 Å². The second kappa shape index (κ2) is 18.8. The first-order chi connectivity index (χ1) is 13.0. The number of ether oxygens (including phenoxy) is 1. The van der Waals surface area contributed by atoms with Crippen LogP contribution in [0.25, 0.3) is 0 Å². The Morgan fingerprint density at radius 1 is 1.21 bits per heavy atom. The Hall–Kier alpha value is 0.0683. The quantitative estimate of drug-likeness (QED) is 0.166. The van der Waals surface area contributed by atoms with Gasteiger partial charge in [-0.15, -0.1) is 0 Å². The van der Waals surface area contributed by atoms with E-state index >= 15 is 0 Å². The second-order valence-corrected chi connectivity index (χ2v) is 7.51. The molecule has 11 nitrogen and oxygen atoms in total. The maximum Gasteiger partial charge on any atom is 2.00 e. The zero-order valence-electron chi connectivity index (χ0n) is 17.1. The van der Waals surface area contributed by atoms with Crippen molar-refractivity contribution in [1.29, 1.82) is 0 Å². The maximum absolute atomic E-state index is 10.4. The van der Waals surface area contributed by atoms with Gasteiger partial charge in [-0.3, -0.25) is 4.57 Å². The molecule has 0 aromatic carbocycles. The molecule has 1 fully saturated rings. The first-order valence-corrected chi connectivity index (χ1v) is 10.8. The van der Waals surface area contributed by atoms with Crippen molar-refractivity contribution in [2.75, 3.05) is 52.5 Å². The molecule has 0 bridgehead atoms. The van der Waals surface area contributed by atoms with Crippen LogP contribution in [0, 0.1) is 11.3 Å². The predicted molar refractivity (Wildman–Crippen MR) is 101 cm³/mol. The van der Waals surface area contributed by atoms with Crippen LogP contribution in [-0.2, 0) is 35.2 Å². The molecule has 0 aromatic heterocycles. The zero-order chi connectivity index (χ0) is 22.2. The number of carboxylic acid groups (broad SMARTS) is 1. The van der Waals surface area contributed by atoms with Gasteiger partial charge in [-0.25, -0.2) is 0 Å². The van der Waals surface area contributed by atoms with Gasteiger partial charge in [0.15, 0.2) is 0 Å². The van der Waals surface area contributed by atoms with Gasteiger partial charge in [-0.05, 0) is 57.4 Å². The molecule has 0 saturated carbocycles. The topological polar surface area (TPSA) is 205 Å². The van der Waals surface area contributed by atoms with E-state index in [2.05, 4.69) is 4.90 Å². The van der Waals surface area contributed by atoms with Crippen LogP contribution in [0.2, 0.25) is 0 Å².